The van der Waals surface area contributed by atoms with Gasteiger partial charge in [0.25, 0.3) is 0 Å². The lowest BCUT2D eigenvalue weighted by atomic mass is 9.97. The summed E-state index contributed by atoms with van der Waals surface area (Å²) in [5, 5.41) is 9.62. The van der Waals surface area contributed by atoms with Crippen LogP contribution in [0.25, 0.3) is 0 Å². The largest absolute Gasteiger partial charge is 0.508 e. The smallest absolute Gasteiger partial charge is 0.120 e. The highest BCUT2D eigenvalue weighted by Crippen LogP contribution is 2.29. The Labute approximate surface area is 93.3 Å². The van der Waals surface area contributed by atoms with Crippen molar-refractivity contribution in [1.29, 1.82) is 0 Å². The fraction of sp³-hybridized carbons (Fsp3) is 0.455. The van der Waals surface area contributed by atoms with Crippen LogP contribution in [0.2, 0.25) is 0 Å². The molecule has 0 aromatic heterocycles. The van der Waals surface area contributed by atoms with Gasteiger partial charge in [-0.05, 0) is 30.5 Å². The van der Waals surface area contributed by atoms with Crippen LogP contribution in [-0.4, -0.2) is 5.11 Å². The SMILES string of the molecule is CC(C)C[C@@H](N)c1cc(Br)ccc1O. The lowest BCUT2D eigenvalue weighted by molar-refractivity contribution is 0.445. The third kappa shape index (κ3) is 3.00. The maximum absolute atomic E-state index is 9.62. The summed E-state index contributed by atoms with van der Waals surface area (Å²) in [5.41, 5.74) is 6.80. The molecule has 0 unspecified atom stereocenters. The molecule has 0 saturated carbocycles. The van der Waals surface area contributed by atoms with E-state index in [0.717, 1.165) is 16.5 Å². The number of hydrogen-bond donors (Lipinski definition) is 2. The van der Waals surface area contributed by atoms with E-state index in [0.29, 0.717) is 5.92 Å². The van der Waals surface area contributed by atoms with Crippen LogP contribution in [0.4, 0.5) is 0 Å². The maximum Gasteiger partial charge on any atom is 0.120 e. The molecule has 0 heterocycles. The Morgan fingerprint density at radius 1 is 1.43 bits per heavy atom. The average Bonchev–Trinajstić information content (AvgIpc) is 2.08. The molecule has 1 aromatic rings. The third-order valence-corrected chi connectivity index (χ3v) is 2.61. The van der Waals surface area contributed by atoms with Gasteiger partial charge in [-0.3, -0.25) is 0 Å². The first-order valence-corrected chi connectivity index (χ1v) is 5.54. The normalized spacial score (nSPS) is 13.2. The predicted molar refractivity (Wildman–Crippen MR) is 62.2 cm³/mol. The van der Waals surface area contributed by atoms with Crippen LogP contribution in [0, 0.1) is 5.92 Å². The van der Waals surface area contributed by atoms with Gasteiger partial charge in [0.05, 0.1) is 0 Å². The third-order valence-electron chi connectivity index (χ3n) is 2.11. The number of phenols is 1. The van der Waals surface area contributed by atoms with Gasteiger partial charge in [-0.15, -0.1) is 0 Å². The van der Waals surface area contributed by atoms with Gasteiger partial charge in [-0.25, -0.2) is 0 Å². The highest BCUT2D eigenvalue weighted by molar-refractivity contribution is 9.10. The Hall–Kier alpha value is -0.540. The minimum atomic E-state index is -0.0903. The van der Waals surface area contributed by atoms with E-state index >= 15 is 0 Å². The van der Waals surface area contributed by atoms with Crippen molar-refractivity contribution in [2.45, 2.75) is 26.3 Å². The second-order valence-corrected chi connectivity index (χ2v) is 4.85. The van der Waals surface area contributed by atoms with Gasteiger partial charge < -0.3 is 10.8 Å². The van der Waals surface area contributed by atoms with E-state index in [-0.39, 0.29) is 11.8 Å². The van der Waals surface area contributed by atoms with Crippen LogP contribution < -0.4 is 5.73 Å². The zero-order valence-electron chi connectivity index (χ0n) is 8.50. The maximum atomic E-state index is 9.62. The zero-order chi connectivity index (χ0) is 10.7. The van der Waals surface area contributed by atoms with Gasteiger partial charge in [0, 0.05) is 16.1 Å². The summed E-state index contributed by atoms with van der Waals surface area (Å²) in [5.74, 6) is 0.810. The standard InChI is InChI=1S/C11H16BrNO/c1-7(2)5-10(13)9-6-8(12)3-4-11(9)14/h3-4,6-7,10,14H,5,13H2,1-2H3/t10-/m1/s1. The molecule has 0 radical (unpaired) electrons. The molecule has 0 aliphatic rings. The van der Waals surface area contributed by atoms with E-state index in [1.807, 2.05) is 6.07 Å². The molecule has 0 aliphatic heterocycles. The van der Waals surface area contributed by atoms with Crippen molar-refractivity contribution in [2.24, 2.45) is 11.7 Å². The van der Waals surface area contributed by atoms with Crippen LogP contribution in [0.3, 0.4) is 0 Å². The average molecular weight is 258 g/mol. The molecule has 0 bridgehead atoms. The van der Waals surface area contributed by atoms with Crippen molar-refractivity contribution in [3.8, 4) is 5.75 Å². The minimum absolute atomic E-state index is 0.0903. The predicted octanol–water partition coefficient (Wildman–Crippen LogP) is 3.20. The topological polar surface area (TPSA) is 46.2 Å². The molecule has 14 heavy (non-hydrogen) atoms. The van der Waals surface area contributed by atoms with Crippen molar-refractivity contribution in [1.82, 2.24) is 0 Å². The second-order valence-electron chi connectivity index (χ2n) is 3.94. The fourth-order valence-corrected chi connectivity index (χ4v) is 1.84. The quantitative estimate of drug-likeness (QED) is 0.874. The summed E-state index contributed by atoms with van der Waals surface area (Å²) < 4.78 is 0.949. The van der Waals surface area contributed by atoms with E-state index in [4.69, 9.17) is 5.73 Å². The lowest BCUT2D eigenvalue weighted by Crippen LogP contribution is -2.13. The Bertz CT molecular complexity index is 312. The molecule has 0 fully saturated rings. The first kappa shape index (κ1) is 11.5. The van der Waals surface area contributed by atoms with E-state index in [9.17, 15) is 5.11 Å². The van der Waals surface area contributed by atoms with Crippen molar-refractivity contribution in [3.05, 3.63) is 28.2 Å². The van der Waals surface area contributed by atoms with Gasteiger partial charge >= 0.3 is 0 Å². The van der Waals surface area contributed by atoms with Gasteiger partial charge in [0.2, 0.25) is 0 Å². The molecular weight excluding hydrogens is 242 g/mol. The number of phenolic OH excluding ortho intramolecular Hbond substituents is 1. The number of hydrogen-bond acceptors (Lipinski definition) is 2. The van der Waals surface area contributed by atoms with Crippen LogP contribution in [0.5, 0.6) is 5.75 Å². The van der Waals surface area contributed by atoms with Crippen molar-refractivity contribution in [3.63, 3.8) is 0 Å². The monoisotopic (exact) mass is 257 g/mol. The molecule has 0 aliphatic carbocycles. The number of nitrogens with two attached hydrogens (primary N) is 1. The first-order valence-electron chi connectivity index (χ1n) is 4.74. The zero-order valence-corrected chi connectivity index (χ0v) is 10.1. The molecule has 2 nitrogen and oxygen atoms in total. The van der Waals surface area contributed by atoms with Crippen molar-refractivity contribution >= 4 is 15.9 Å². The highest BCUT2D eigenvalue weighted by atomic mass is 79.9. The molecule has 3 heteroatoms. The molecule has 1 rings (SSSR count). The van der Waals surface area contributed by atoms with E-state index in [2.05, 4.69) is 29.8 Å². The summed E-state index contributed by atoms with van der Waals surface area (Å²) in [6, 6.07) is 5.26. The summed E-state index contributed by atoms with van der Waals surface area (Å²) in [6.07, 6.45) is 0.879. The summed E-state index contributed by atoms with van der Waals surface area (Å²) in [6.45, 7) is 4.24. The van der Waals surface area contributed by atoms with Gasteiger partial charge in [-0.1, -0.05) is 29.8 Å². The van der Waals surface area contributed by atoms with Crippen LogP contribution in [-0.2, 0) is 0 Å². The number of benzene rings is 1. The lowest BCUT2D eigenvalue weighted by Gasteiger charge is -2.15. The summed E-state index contributed by atoms with van der Waals surface area (Å²) >= 11 is 3.36. The summed E-state index contributed by atoms with van der Waals surface area (Å²) in [7, 11) is 0. The number of halogens is 1. The van der Waals surface area contributed by atoms with E-state index in [1.165, 1.54) is 0 Å². The van der Waals surface area contributed by atoms with Gasteiger partial charge in [-0.2, -0.15) is 0 Å². The molecule has 3 N–H and O–H groups in total. The van der Waals surface area contributed by atoms with Crippen molar-refractivity contribution < 1.29 is 5.11 Å². The molecular formula is C11H16BrNO. The molecule has 1 atom stereocenters. The molecule has 0 saturated heterocycles. The molecule has 78 valence electrons. The minimum Gasteiger partial charge on any atom is -0.508 e. The molecule has 1 aromatic carbocycles. The van der Waals surface area contributed by atoms with Crippen LogP contribution >= 0.6 is 15.9 Å². The Balaban J connectivity index is 2.88. The van der Waals surface area contributed by atoms with Gasteiger partial charge in [0.15, 0.2) is 0 Å². The van der Waals surface area contributed by atoms with Crippen molar-refractivity contribution in [2.75, 3.05) is 0 Å². The summed E-state index contributed by atoms with van der Waals surface area (Å²) in [4.78, 5) is 0. The Morgan fingerprint density at radius 2 is 2.07 bits per heavy atom. The van der Waals surface area contributed by atoms with E-state index < -0.39 is 0 Å². The second kappa shape index (κ2) is 4.80. The van der Waals surface area contributed by atoms with E-state index in [1.54, 1.807) is 12.1 Å². The number of aromatic hydroxyl groups is 1. The first-order chi connectivity index (χ1) is 6.50. The van der Waals surface area contributed by atoms with Gasteiger partial charge in [0.1, 0.15) is 5.75 Å². The van der Waals surface area contributed by atoms with Crippen LogP contribution in [0.15, 0.2) is 22.7 Å². The highest BCUT2D eigenvalue weighted by Gasteiger charge is 2.12. The molecule has 0 amide bonds. The molecule has 0 spiro atoms. The van der Waals surface area contributed by atoms with Crippen LogP contribution in [0.1, 0.15) is 31.9 Å². The number of rotatable bonds is 3. The Kier molecular flexibility index (Phi) is 3.96. The fourth-order valence-electron chi connectivity index (χ4n) is 1.46. The Morgan fingerprint density at radius 3 is 2.64 bits per heavy atom.